The Hall–Kier alpha value is -4.30. The number of anilines is 2. The van der Waals surface area contributed by atoms with Crippen molar-refractivity contribution in [3.05, 3.63) is 78.5 Å². The molecule has 3 N–H and O–H groups in total. The summed E-state index contributed by atoms with van der Waals surface area (Å²) in [5.74, 6) is 0.471. The van der Waals surface area contributed by atoms with Crippen molar-refractivity contribution in [2.75, 3.05) is 44.0 Å². The van der Waals surface area contributed by atoms with E-state index in [-0.39, 0.29) is 5.91 Å². The first kappa shape index (κ1) is 22.5. The van der Waals surface area contributed by atoms with E-state index in [0.717, 1.165) is 16.5 Å². The number of hydrogen-bond donors (Lipinski definition) is 3. The van der Waals surface area contributed by atoms with Gasteiger partial charge in [-0.2, -0.15) is 0 Å². The first-order valence-corrected chi connectivity index (χ1v) is 11.4. The molecule has 1 saturated heterocycles. The van der Waals surface area contributed by atoms with Crippen LogP contribution in [-0.2, 0) is 4.74 Å². The topological polar surface area (TPSA) is 95.7 Å². The van der Waals surface area contributed by atoms with Crippen molar-refractivity contribution in [1.82, 2.24) is 9.88 Å². The van der Waals surface area contributed by atoms with Crippen LogP contribution in [0.1, 0.15) is 10.5 Å². The molecular weight excluding hydrogens is 444 g/mol. The summed E-state index contributed by atoms with van der Waals surface area (Å²) in [7, 11) is 1.55. The number of H-pyrrole nitrogens is 1. The molecule has 35 heavy (non-hydrogen) atoms. The van der Waals surface area contributed by atoms with Crippen molar-refractivity contribution in [3.8, 4) is 16.9 Å². The number of carbonyl (C=O) groups is 2. The van der Waals surface area contributed by atoms with Crippen molar-refractivity contribution in [2.24, 2.45) is 0 Å². The molecule has 1 fully saturated rings. The first-order chi connectivity index (χ1) is 17.2. The summed E-state index contributed by atoms with van der Waals surface area (Å²) >= 11 is 0. The molecule has 1 aliphatic rings. The van der Waals surface area contributed by atoms with E-state index in [0.29, 0.717) is 54.6 Å². The average molecular weight is 471 g/mol. The Morgan fingerprint density at radius 3 is 2.34 bits per heavy atom. The van der Waals surface area contributed by atoms with Crippen LogP contribution in [0.4, 0.5) is 16.2 Å². The first-order valence-electron chi connectivity index (χ1n) is 11.4. The van der Waals surface area contributed by atoms with Crippen molar-refractivity contribution < 1.29 is 19.1 Å². The molecule has 8 heteroatoms. The van der Waals surface area contributed by atoms with Gasteiger partial charge in [0.05, 0.1) is 37.2 Å². The molecule has 1 aromatic heterocycles. The third kappa shape index (κ3) is 4.56. The van der Waals surface area contributed by atoms with Crippen LogP contribution in [0.15, 0.2) is 72.8 Å². The highest BCUT2D eigenvalue weighted by Gasteiger charge is 2.26. The van der Waals surface area contributed by atoms with Crippen LogP contribution < -0.4 is 15.4 Å². The number of hydrogen-bond acceptors (Lipinski definition) is 4. The molecule has 0 saturated carbocycles. The summed E-state index contributed by atoms with van der Waals surface area (Å²) in [6, 6.07) is 22.2. The van der Waals surface area contributed by atoms with Crippen LogP contribution in [0, 0.1) is 0 Å². The monoisotopic (exact) mass is 470 g/mol. The number of benzene rings is 3. The molecule has 0 bridgehead atoms. The number of amides is 3. The van der Waals surface area contributed by atoms with Crippen LogP contribution >= 0.6 is 0 Å². The summed E-state index contributed by atoms with van der Waals surface area (Å²) < 4.78 is 10.7. The summed E-state index contributed by atoms with van der Waals surface area (Å²) in [4.78, 5) is 31.5. The average Bonchev–Trinajstić information content (AvgIpc) is 3.30. The maximum atomic E-state index is 13.5. The van der Waals surface area contributed by atoms with Gasteiger partial charge in [0.2, 0.25) is 0 Å². The van der Waals surface area contributed by atoms with Crippen molar-refractivity contribution in [1.29, 1.82) is 0 Å². The zero-order chi connectivity index (χ0) is 24.2. The Balaban J connectivity index is 1.53. The molecule has 2 heterocycles. The fraction of sp³-hybridized carbons (Fsp3) is 0.185. The Labute approximate surface area is 202 Å². The summed E-state index contributed by atoms with van der Waals surface area (Å²) in [5, 5.41) is 6.59. The quantitative estimate of drug-likeness (QED) is 0.384. The third-order valence-electron chi connectivity index (χ3n) is 6.01. The van der Waals surface area contributed by atoms with E-state index in [1.54, 1.807) is 30.2 Å². The highest BCUT2D eigenvalue weighted by Crippen LogP contribution is 2.36. The number of nitrogens with one attached hydrogen (secondary N) is 3. The second kappa shape index (κ2) is 9.90. The van der Waals surface area contributed by atoms with Gasteiger partial charge >= 0.3 is 6.03 Å². The minimum absolute atomic E-state index is 0.0900. The van der Waals surface area contributed by atoms with Gasteiger partial charge in [0.15, 0.2) is 0 Å². The second-order valence-electron chi connectivity index (χ2n) is 8.15. The molecule has 0 spiro atoms. The molecule has 0 aliphatic carbocycles. The smallest absolute Gasteiger partial charge is 0.323 e. The van der Waals surface area contributed by atoms with Gasteiger partial charge in [-0.3, -0.25) is 4.79 Å². The SMILES string of the molecule is COc1ccccc1NC(=O)Nc1cccc2c(-c3ccccc3)c(C(=O)N3CCOCC3)[nH]c12. The number of morpholine rings is 1. The number of ether oxygens (including phenoxy) is 2. The maximum Gasteiger partial charge on any atom is 0.323 e. The normalized spacial score (nSPS) is 13.5. The third-order valence-corrected chi connectivity index (χ3v) is 6.01. The molecule has 3 amide bonds. The number of para-hydroxylation sites is 3. The zero-order valence-electron chi connectivity index (χ0n) is 19.3. The van der Waals surface area contributed by atoms with Crippen molar-refractivity contribution in [2.45, 2.75) is 0 Å². The predicted octanol–water partition coefficient (Wildman–Crippen LogP) is 4.96. The van der Waals surface area contributed by atoms with Gasteiger partial charge in [-0.1, -0.05) is 54.6 Å². The molecular formula is C27H26N4O4. The number of aromatic nitrogens is 1. The standard InChI is InChI=1S/C27H26N4O4/c1-34-22-13-6-5-11-20(22)28-27(33)29-21-12-7-10-19-23(18-8-3-2-4-9-18)25(30-24(19)21)26(32)31-14-16-35-17-15-31/h2-13,30H,14-17H2,1H3,(H2,28,29,33). The lowest BCUT2D eigenvalue weighted by atomic mass is 10.0. The number of methoxy groups -OCH3 is 1. The largest absolute Gasteiger partial charge is 0.495 e. The van der Waals surface area contributed by atoms with E-state index in [9.17, 15) is 9.59 Å². The molecule has 178 valence electrons. The number of nitrogens with zero attached hydrogens (tertiary/aromatic N) is 1. The summed E-state index contributed by atoms with van der Waals surface area (Å²) in [6.45, 7) is 2.11. The van der Waals surface area contributed by atoms with Crippen LogP contribution in [0.3, 0.4) is 0 Å². The molecule has 5 rings (SSSR count). The van der Waals surface area contributed by atoms with E-state index in [2.05, 4.69) is 15.6 Å². The van der Waals surface area contributed by atoms with Gasteiger partial charge in [-0.15, -0.1) is 0 Å². The lowest BCUT2D eigenvalue weighted by Crippen LogP contribution is -2.41. The van der Waals surface area contributed by atoms with Crippen LogP contribution in [-0.4, -0.2) is 55.2 Å². The number of fused-ring (bicyclic) bond motifs is 1. The number of aromatic amines is 1. The van der Waals surface area contributed by atoms with Crippen LogP contribution in [0.2, 0.25) is 0 Å². The lowest BCUT2D eigenvalue weighted by molar-refractivity contribution is 0.0300. The predicted molar refractivity (Wildman–Crippen MR) is 136 cm³/mol. The summed E-state index contributed by atoms with van der Waals surface area (Å²) in [6.07, 6.45) is 0. The van der Waals surface area contributed by atoms with E-state index in [4.69, 9.17) is 9.47 Å². The lowest BCUT2D eigenvalue weighted by Gasteiger charge is -2.26. The number of urea groups is 1. The van der Waals surface area contributed by atoms with Gasteiger partial charge in [-0.05, 0) is 23.8 Å². The fourth-order valence-electron chi connectivity index (χ4n) is 4.34. The molecule has 1 aliphatic heterocycles. The van der Waals surface area contributed by atoms with Crippen molar-refractivity contribution >= 4 is 34.2 Å². The highest BCUT2D eigenvalue weighted by atomic mass is 16.5. The van der Waals surface area contributed by atoms with Gasteiger partial charge in [-0.25, -0.2) is 4.79 Å². The molecule has 0 unspecified atom stereocenters. The number of rotatable bonds is 5. The Kier molecular flexibility index (Phi) is 6.36. The van der Waals surface area contributed by atoms with Crippen molar-refractivity contribution in [3.63, 3.8) is 0 Å². The minimum Gasteiger partial charge on any atom is -0.495 e. The molecule has 0 radical (unpaired) electrons. The van der Waals surface area contributed by atoms with Gasteiger partial charge in [0.1, 0.15) is 11.4 Å². The van der Waals surface area contributed by atoms with E-state index in [1.165, 1.54) is 0 Å². The Bertz CT molecular complexity index is 1360. The Morgan fingerprint density at radius 1 is 0.886 bits per heavy atom. The van der Waals surface area contributed by atoms with E-state index in [1.807, 2.05) is 54.6 Å². The van der Waals surface area contributed by atoms with Gasteiger partial charge in [0.25, 0.3) is 5.91 Å². The second-order valence-corrected chi connectivity index (χ2v) is 8.15. The van der Waals surface area contributed by atoms with Gasteiger partial charge in [0, 0.05) is 24.0 Å². The van der Waals surface area contributed by atoms with Crippen LogP contribution in [0.5, 0.6) is 5.75 Å². The van der Waals surface area contributed by atoms with E-state index >= 15 is 0 Å². The molecule has 4 aromatic rings. The van der Waals surface area contributed by atoms with Gasteiger partial charge < -0.3 is 30.0 Å². The molecule has 8 nitrogen and oxygen atoms in total. The Morgan fingerprint density at radius 2 is 1.57 bits per heavy atom. The highest BCUT2D eigenvalue weighted by molar-refractivity contribution is 6.14. The summed E-state index contributed by atoms with van der Waals surface area (Å²) in [5.41, 5.74) is 4.02. The molecule has 0 atom stereocenters. The number of carbonyl (C=O) groups excluding carboxylic acids is 2. The zero-order valence-corrected chi connectivity index (χ0v) is 19.3. The minimum atomic E-state index is -0.418. The molecule has 3 aromatic carbocycles. The fourth-order valence-corrected chi connectivity index (χ4v) is 4.34. The maximum absolute atomic E-state index is 13.5. The van der Waals surface area contributed by atoms with Crippen LogP contribution in [0.25, 0.3) is 22.0 Å². The van der Waals surface area contributed by atoms with E-state index < -0.39 is 6.03 Å².